The van der Waals surface area contributed by atoms with Crippen LogP contribution in [0.15, 0.2) is 0 Å². The quantitative estimate of drug-likeness (QED) is 0.634. The van der Waals surface area contributed by atoms with Gasteiger partial charge < -0.3 is 15.2 Å². The second kappa shape index (κ2) is 8.55. The van der Waals surface area contributed by atoms with Gasteiger partial charge in [-0.15, -0.1) is 11.8 Å². The van der Waals surface area contributed by atoms with Crippen LogP contribution in [0.5, 0.6) is 0 Å². The largest absolute Gasteiger partial charge is 0.465 e. The fraction of sp³-hybridized carbons (Fsp3) is 0.778. The average molecular weight is 235 g/mol. The van der Waals surface area contributed by atoms with Gasteiger partial charge in [0.2, 0.25) is 0 Å². The fourth-order valence-electron chi connectivity index (χ4n) is 0.789. The Labute approximate surface area is 93.7 Å². The Morgan fingerprint density at radius 2 is 1.87 bits per heavy atom. The summed E-state index contributed by atoms with van der Waals surface area (Å²) < 4.78 is 9.43. The lowest BCUT2D eigenvalue weighted by Crippen LogP contribution is -2.34. The van der Waals surface area contributed by atoms with Crippen LogP contribution in [0.2, 0.25) is 0 Å². The molecule has 0 aliphatic heterocycles. The number of nitrogens with two attached hydrogens (primary N) is 1. The molecule has 1 atom stereocenters. The van der Waals surface area contributed by atoms with Gasteiger partial charge in [-0.2, -0.15) is 0 Å². The minimum Gasteiger partial charge on any atom is -0.465 e. The standard InChI is InChI=1S/C9H17NO4S/c1-3-13-8(11)6-15-5-7(10)9(12)14-4-2/h7H,3-6,10H2,1-2H3. The molecule has 0 amide bonds. The molecule has 0 aromatic carbocycles. The molecule has 6 heteroatoms. The third kappa shape index (κ3) is 7.21. The van der Waals surface area contributed by atoms with E-state index in [9.17, 15) is 9.59 Å². The van der Waals surface area contributed by atoms with Crippen molar-refractivity contribution in [3.63, 3.8) is 0 Å². The van der Waals surface area contributed by atoms with Gasteiger partial charge in [0, 0.05) is 5.75 Å². The SMILES string of the molecule is CCOC(=O)CSCC(N)C(=O)OCC. The molecule has 0 radical (unpaired) electrons. The van der Waals surface area contributed by atoms with Crippen LogP contribution in [-0.2, 0) is 19.1 Å². The number of ether oxygens (including phenoxy) is 2. The molecular weight excluding hydrogens is 218 g/mol. The molecule has 0 bridgehead atoms. The normalized spacial score (nSPS) is 11.9. The zero-order valence-electron chi connectivity index (χ0n) is 9.02. The minimum absolute atomic E-state index is 0.209. The van der Waals surface area contributed by atoms with Crippen LogP contribution in [0.4, 0.5) is 0 Å². The van der Waals surface area contributed by atoms with Crippen LogP contribution in [0.1, 0.15) is 13.8 Å². The van der Waals surface area contributed by atoms with Crippen molar-refractivity contribution in [2.75, 3.05) is 24.7 Å². The van der Waals surface area contributed by atoms with Crippen LogP contribution in [0, 0.1) is 0 Å². The fourth-order valence-corrected chi connectivity index (χ4v) is 1.55. The molecule has 0 aliphatic carbocycles. The van der Waals surface area contributed by atoms with Gasteiger partial charge in [0.05, 0.1) is 19.0 Å². The second-order valence-corrected chi connectivity index (χ2v) is 3.71. The Bertz CT molecular complexity index is 210. The van der Waals surface area contributed by atoms with E-state index >= 15 is 0 Å². The number of hydrogen-bond donors (Lipinski definition) is 1. The van der Waals surface area contributed by atoms with Crippen molar-refractivity contribution in [3.8, 4) is 0 Å². The van der Waals surface area contributed by atoms with Gasteiger partial charge in [0.1, 0.15) is 6.04 Å². The minimum atomic E-state index is -0.677. The highest BCUT2D eigenvalue weighted by Gasteiger charge is 2.15. The van der Waals surface area contributed by atoms with Gasteiger partial charge in [0.15, 0.2) is 0 Å². The van der Waals surface area contributed by atoms with Crippen LogP contribution in [-0.4, -0.2) is 42.7 Å². The number of hydrogen-bond acceptors (Lipinski definition) is 6. The number of carbonyl (C=O) groups is 2. The van der Waals surface area contributed by atoms with Gasteiger partial charge >= 0.3 is 11.9 Å². The number of carbonyl (C=O) groups excluding carboxylic acids is 2. The van der Waals surface area contributed by atoms with Crippen LogP contribution in [0.3, 0.4) is 0 Å². The number of esters is 2. The maximum Gasteiger partial charge on any atom is 0.323 e. The van der Waals surface area contributed by atoms with Gasteiger partial charge in [-0.05, 0) is 13.8 Å². The second-order valence-electron chi connectivity index (χ2n) is 2.68. The summed E-state index contributed by atoms with van der Waals surface area (Å²) >= 11 is 1.26. The molecule has 0 saturated carbocycles. The molecule has 0 rings (SSSR count). The predicted molar refractivity (Wildman–Crippen MR) is 58.6 cm³/mol. The summed E-state index contributed by atoms with van der Waals surface area (Å²) in [4.78, 5) is 22.0. The maximum absolute atomic E-state index is 11.1. The Morgan fingerprint density at radius 3 is 2.40 bits per heavy atom. The van der Waals surface area contributed by atoms with Gasteiger partial charge in [0.25, 0.3) is 0 Å². The summed E-state index contributed by atoms with van der Waals surface area (Å²) in [5.74, 6) is -0.161. The lowest BCUT2D eigenvalue weighted by molar-refractivity contribution is -0.144. The van der Waals surface area contributed by atoms with Gasteiger partial charge in [-0.1, -0.05) is 0 Å². The molecule has 0 fully saturated rings. The van der Waals surface area contributed by atoms with Crippen molar-refractivity contribution >= 4 is 23.7 Å². The molecule has 1 unspecified atom stereocenters. The highest BCUT2D eigenvalue weighted by Crippen LogP contribution is 2.03. The van der Waals surface area contributed by atoms with E-state index in [4.69, 9.17) is 15.2 Å². The lowest BCUT2D eigenvalue weighted by Gasteiger charge is -2.09. The highest BCUT2D eigenvalue weighted by atomic mass is 32.2. The van der Waals surface area contributed by atoms with Crippen LogP contribution < -0.4 is 5.73 Å². The first-order chi connectivity index (χ1) is 7.11. The van der Waals surface area contributed by atoms with E-state index in [0.717, 1.165) is 0 Å². The van der Waals surface area contributed by atoms with E-state index in [1.807, 2.05) is 0 Å². The monoisotopic (exact) mass is 235 g/mol. The number of rotatable bonds is 7. The summed E-state index contributed by atoms with van der Waals surface area (Å²) in [6, 6.07) is -0.677. The molecule has 0 aromatic heterocycles. The maximum atomic E-state index is 11.1. The zero-order chi connectivity index (χ0) is 11.7. The van der Waals surface area contributed by atoms with Crippen molar-refractivity contribution in [2.45, 2.75) is 19.9 Å². The molecule has 0 aromatic rings. The first-order valence-electron chi connectivity index (χ1n) is 4.77. The highest BCUT2D eigenvalue weighted by molar-refractivity contribution is 8.00. The molecular formula is C9H17NO4S. The lowest BCUT2D eigenvalue weighted by atomic mass is 10.4. The Balaban J connectivity index is 3.58. The molecule has 0 heterocycles. The molecule has 0 spiro atoms. The number of thioether (sulfide) groups is 1. The molecule has 88 valence electrons. The van der Waals surface area contributed by atoms with Crippen LogP contribution in [0.25, 0.3) is 0 Å². The summed E-state index contributed by atoms with van der Waals surface area (Å²) in [5.41, 5.74) is 5.52. The Kier molecular flexibility index (Phi) is 8.12. The van der Waals surface area contributed by atoms with Crippen molar-refractivity contribution in [1.29, 1.82) is 0 Å². The molecule has 2 N–H and O–H groups in total. The third-order valence-corrected chi connectivity index (χ3v) is 2.45. The van der Waals surface area contributed by atoms with Crippen molar-refractivity contribution in [2.24, 2.45) is 5.73 Å². The van der Waals surface area contributed by atoms with E-state index in [-0.39, 0.29) is 11.7 Å². The summed E-state index contributed by atoms with van der Waals surface area (Å²) in [7, 11) is 0. The van der Waals surface area contributed by atoms with Crippen LogP contribution >= 0.6 is 11.8 Å². The molecule has 0 saturated heterocycles. The van der Waals surface area contributed by atoms with Crippen molar-refractivity contribution in [1.82, 2.24) is 0 Å². The van der Waals surface area contributed by atoms with E-state index in [0.29, 0.717) is 19.0 Å². The Hall–Kier alpha value is -0.750. The first kappa shape index (κ1) is 14.2. The molecule has 0 aliphatic rings. The van der Waals surface area contributed by atoms with Gasteiger partial charge in [-0.25, -0.2) is 0 Å². The molecule has 15 heavy (non-hydrogen) atoms. The third-order valence-electron chi connectivity index (χ3n) is 1.41. The van der Waals surface area contributed by atoms with Crippen molar-refractivity contribution < 1.29 is 19.1 Å². The summed E-state index contributed by atoms with van der Waals surface area (Å²) in [6.07, 6.45) is 0. The summed E-state index contributed by atoms with van der Waals surface area (Å²) in [6.45, 7) is 4.14. The van der Waals surface area contributed by atoms with E-state index in [2.05, 4.69) is 0 Å². The van der Waals surface area contributed by atoms with E-state index in [1.54, 1.807) is 13.8 Å². The Morgan fingerprint density at radius 1 is 1.27 bits per heavy atom. The topological polar surface area (TPSA) is 78.6 Å². The van der Waals surface area contributed by atoms with E-state index in [1.165, 1.54) is 11.8 Å². The van der Waals surface area contributed by atoms with E-state index < -0.39 is 12.0 Å². The first-order valence-corrected chi connectivity index (χ1v) is 5.92. The zero-order valence-corrected chi connectivity index (χ0v) is 9.84. The smallest absolute Gasteiger partial charge is 0.323 e. The van der Waals surface area contributed by atoms with Gasteiger partial charge in [-0.3, -0.25) is 9.59 Å². The summed E-state index contributed by atoms with van der Waals surface area (Å²) in [5, 5.41) is 0. The predicted octanol–water partition coefficient (Wildman–Crippen LogP) is 0.173. The molecule has 5 nitrogen and oxygen atoms in total. The van der Waals surface area contributed by atoms with Crippen molar-refractivity contribution in [3.05, 3.63) is 0 Å². The average Bonchev–Trinajstić information content (AvgIpc) is 2.18.